The van der Waals surface area contributed by atoms with Gasteiger partial charge in [0, 0.05) is 24.7 Å². The Bertz CT molecular complexity index is 608. The van der Waals surface area contributed by atoms with Gasteiger partial charge in [-0.15, -0.1) is 0 Å². The lowest BCUT2D eigenvalue weighted by atomic mass is 10.2. The first kappa shape index (κ1) is 11.9. The van der Waals surface area contributed by atoms with Crippen LogP contribution in [0.1, 0.15) is 12.8 Å². The molecule has 0 bridgehead atoms. The number of rotatable bonds is 3. The third-order valence-corrected chi connectivity index (χ3v) is 3.26. The predicted octanol–water partition coefficient (Wildman–Crippen LogP) is 2.27. The number of amides is 1. The summed E-state index contributed by atoms with van der Waals surface area (Å²) < 4.78 is 15.0. The van der Waals surface area contributed by atoms with E-state index in [2.05, 4.69) is 4.98 Å². The Kier molecular flexibility index (Phi) is 3.03. The fraction of sp³-hybridized carbons (Fsp3) is 0.286. The molecule has 0 aliphatic carbocycles. The summed E-state index contributed by atoms with van der Waals surface area (Å²) in [6.07, 6.45) is 5.06. The number of carbonyl (C=O) groups is 1. The van der Waals surface area contributed by atoms with Gasteiger partial charge in [-0.3, -0.25) is 4.79 Å². The Labute approximate surface area is 110 Å². The second kappa shape index (κ2) is 4.84. The van der Waals surface area contributed by atoms with Gasteiger partial charge in [-0.25, -0.2) is 9.37 Å². The van der Waals surface area contributed by atoms with Gasteiger partial charge in [-0.2, -0.15) is 0 Å². The Balaban J connectivity index is 1.78. The van der Waals surface area contributed by atoms with Crippen molar-refractivity contribution < 1.29 is 9.18 Å². The highest BCUT2D eigenvalue weighted by atomic mass is 19.1. The monoisotopic (exact) mass is 259 g/mol. The molecule has 1 fully saturated rings. The van der Waals surface area contributed by atoms with Crippen LogP contribution in [0.4, 0.5) is 4.39 Å². The fourth-order valence-corrected chi connectivity index (χ4v) is 2.28. The summed E-state index contributed by atoms with van der Waals surface area (Å²) in [5.74, 6) is -0.0947. The molecule has 3 rings (SSSR count). The molecule has 4 nitrogen and oxygen atoms in total. The summed E-state index contributed by atoms with van der Waals surface area (Å²) in [4.78, 5) is 17.6. The molecule has 0 unspecified atom stereocenters. The molecule has 0 radical (unpaired) electrons. The van der Waals surface area contributed by atoms with Crippen LogP contribution in [-0.2, 0) is 11.5 Å². The Morgan fingerprint density at radius 2 is 2.26 bits per heavy atom. The summed E-state index contributed by atoms with van der Waals surface area (Å²) in [5.41, 5.74) is 1.46. The van der Waals surface area contributed by atoms with E-state index < -0.39 is 0 Å². The van der Waals surface area contributed by atoms with Crippen molar-refractivity contribution in [3.05, 3.63) is 42.6 Å². The standard InChI is InChI=1S/C14H14FN3O/c15-12-4-1-3-11(7-12)13-8-17(9-16-13)10-18-6-2-5-14(18)19/h1,3-4,7-9H,2,5-6,10H2. The zero-order valence-corrected chi connectivity index (χ0v) is 10.4. The third kappa shape index (κ3) is 2.50. The van der Waals surface area contributed by atoms with Crippen molar-refractivity contribution in [1.82, 2.24) is 14.5 Å². The molecule has 19 heavy (non-hydrogen) atoms. The normalized spacial score (nSPS) is 15.2. The van der Waals surface area contributed by atoms with E-state index in [-0.39, 0.29) is 11.7 Å². The number of aromatic nitrogens is 2. The molecule has 0 atom stereocenters. The molecule has 0 saturated carbocycles. The predicted molar refractivity (Wildman–Crippen MR) is 68.6 cm³/mol. The number of benzene rings is 1. The first-order valence-corrected chi connectivity index (χ1v) is 6.28. The fourth-order valence-electron chi connectivity index (χ4n) is 2.28. The number of likely N-dealkylation sites (tertiary alicyclic amines) is 1. The lowest BCUT2D eigenvalue weighted by molar-refractivity contribution is -0.129. The van der Waals surface area contributed by atoms with Crippen LogP contribution in [0.15, 0.2) is 36.8 Å². The van der Waals surface area contributed by atoms with Gasteiger partial charge in [0.25, 0.3) is 0 Å². The molecule has 2 heterocycles. The minimum atomic E-state index is -0.276. The molecule has 0 spiro atoms. The van der Waals surface area contributed by atoms with Gasteiger partial charge in [0.15, 0.2) is 0 Å². The van der Waals surface area contributed by atoms with Crippen molar-refractivity contribution in [2.45, 2.75) is 19.5 Å². The zero-order valence-electron chi connectivity index (χ0n) is 10.4. The number of nitrogens with zero attached hydrogens (tertiary/aromatic N) is 3. The van der Waals surface area contributed by atoms with Crippen LogP contribution in [-0.4, -0.2) is 26.9 Å². The quantitative estimate of drug-likeness (QED) is 0.848. The summed E-state index contributed by atoms with van der Waals surface area (Å²) in [6.45, 7) is 1.31. The van der Waals surface area contributed by atoms with Gasteiger partial charge < -0.3 is 9.47 Å². The van der Waals surface area contributed by atoms with Crippen molar-refractivity contribution >= 4 is 5.91 Å². The van der Waals surface area contributed by atoms with E-state index in [0.29, 0.717) is 18.8 Å². The van der Waals surface area contributed by atoms with Crippen molar-refractivity contribution in [1.29, 1.82) is 0 Å². The van der Waals surface area contributed by atoms with E-state index >= 15 is 0 Å². The molecule has 1 saturated heterocycles. The SMILES string of the molecule is O=C1CCCN1Cn1cnc(-c2cccc(F)c2)c1. The minimum Gasteiger partial charge on any atom is -0.325 e. The molecule has 1 aromatic heterocycles. The highest BCUT2D eigenvalue weighted by molar-refractivity contribution is 5.77. The molecule has 5 heteroatoms. The topological polar surface area (TPSA) is 38.1 Å². The van der Waals surface area contributed by atoms with Gasteiger partial charge >= 0.3 is 0 Å². The number of halogens is 1. The molecule has 1 aliphatic heterocycles. The van der Waals surface area contributed by atoms with Gasteiger partial charge in [0.2, 0.25) is 5.91 Å². The smallest absolute Gasteiger partial charge is 0.224 e. The second-order valence-corrected chi connectivity index (χ2v) is 4.69. The zero-order chi connectivity index (χ0) is 13.2. The lowest BCUT2D eigenvalue weighted by Crippen LogP contribution is -2.26. The van der Waals surface area contributed by atoms with Crippen LogP contribution in [0.5, 0.6) is 0 Å². The van der Waals surface area contributed by atoms with Crippen LogP contribution in [0.25, 0.3) is 11.3 Å². The number of hydrogen-bond donors (Lipinski definition) is 0. The average molecular weight is 259 g/mol. The largest absolute Gasteiger partial charge is 0.325 e. The maximum atomic E-state index is 13.2. The van der Waals surface area contributed by atoms with Gasteiger partial charge in [0.1, 0.15) is 5.82 Å². The summed E-state index contributed by atoms with van der Waals surface area (Å²) in [7, 11) is 0. The lowest BCUT2D eigenvalue weighted by Gasteiger charge is -2.15. The van der Waals surface area contributed by atoms with Crippen LogP contribution >= 0.6 is 0 Å². The number of imidazole rings is 1. The maximum absolute atomic E-state index is 13.2. The summed E-state index contributed by atoms with van der Waals surface area (Å²) in [5, 5.41) is 0. The highest BCUT2D eigenvalue weighted by Gasteiger charge is 2.20. The summed E-state index contributed by atoms with van der Waals surface area (Å²) >= 11 is 0. The van der Waals surface area contributed by atoms with Crippen molar-refractivity contribution in [2.75, 3.05) is 6.54 Å². The van der Waals surface area contributed by atoms with E-state index in [1.54, 1.807) is 17.3 Å². The molecule has 0 N–H and O–H groups in total. The maximum Gasteiger partial charge on any atom is 0.224 e. The highest BCUT2D eigenvalue weighted by Crippen LogP contribution is 2.18. The van der Waals surface area contributed by atoms with Crippen LogP contribution < -0.4 is 0 Å². The molecule has 98 valence electrons. The van der Waals surface area contributed by atoms with E-state index in [0.717, 1.165) is 18.5 Å². The van der Waals surface area contributed by atoms with E-state index in [9.17, 15) is 9.18 Å². The molecular formula is C14H14FN3O. The van der Waals surface area contributed by atoms with Crippen molar-refractivity contribution in [3.8, 4) is 11.3 Å². The second-order valence-electron chi connectivity index (χ2n) is 4.69. The van der Waals surface area contributed by atoms with Crippen LogP contribution in [0.3, 0.4) is 0 Å². The Morgan fingerprint density at radius 3 is 3.00 bits per heavy atom. The Hall–Kier alpha value is -2.17. The first-order valence-electron chi connectivity index (χ1n) is 6.28. The Morgan fingerprint density at radius 1 is 1.37 bits per heavy atom. The molecule has 1 aromatic carbocycles. The van der Waals surface area contributed by atoms with Crippen LogP contribution in [0, 0.1) is 5.82 Å². The molecular weight excluding hydrogens is 245 g/mol. The van der Waals surface area contributed by atoms with E-state index in [4.69, 9.17) is 0 Å². The van der Waals surface area contributed by atoms with Crippen molar-refractivity contribution in [3.63, 3.8) is 0 Å². The number of hydrogen-bond acceptors (Lipinski definition) is 2. The summed E-state index contributed by atoms with van der Waals surface area (Å²) in [6, 6.07) is 6.33. The van der Waals surface area contributed by atoms with Crippen molar-refractivity contribution in [2.24, 2.45) is 0 Å². The third-order valence-electron chi connectivity index (χ3n) is 3.26. The van der Waals surface area contributed by atoms with E-state index in [1.165, 1.54) is 12.1 Å². The van der Waals surface area contributed by atoms with Crippen LogP contribution in [0.2, 0.25) is 0 Å². The number of carbonyl (C=O) groups excluding carboxylic acids is 1. The first-order chi connectivity index (χ1) is 9.22. The minimum absolute atomic E-state index is 0.181. The average Bonchev–Trinajstić information content (AvgIpc) is 3.00. The van der Waals surface area contributed by atoms with E-state index in [1.807, 2.05) is 16.8 Å². The molecule has 2 aromatic rings. The van der Waals surface area contributed by atoms with Gasteiger partial charge in [-0.05, 0) is 18.6 Å². The van der Waals surface area contributed by atoms with Gasteiger partial charge in [0.05, 0.1) is 18.7 Å². The van der Waals surface area contributed by atoms with Gasteiger partial charge in [-0.1, -0.05) is 12.1 Å². The molecule has 1 amide bonds. The molecule has 1 aliphatic rings.